The minimum Gasteiger partial charge on any atom is -0.481 e. The summed E-state index contributed by atoms with van der Waals surface area (Å²) in [6.07, 6.45) is 5.96. The molecule has 3 nitrogen and oxygen atoms in total. The molecule has 1 aliphatic carbocycles. The van der Waals surface area contributed by atoms with Gasteiger partial charge in [-0.1, -0.05) is 93.2 Å². The van der Waals surface area contributed by atoms with E-state index in [2.05, 4.69) is 0 Å². The molecular weight excluding hydrogens is 443 g/mol. The van der Waals surface area contributed by atoms with E-state index >= 15 is 0 Å². The molecular formula is C27H32Cl2O3. The van der Waals surface area contributed by atoms with E-state index in [9.17, 15) is 9.90 Å². The van der Waals surface area contributed by atoms with E-state index in [1.165, 1.54) is 0 Å². The Labute approximate surface area is 201 Å². The monoisotopic (exact) mass is 474 g/mol. The number of aliphatic carboxylic acids is 1. The summed E-state index contributed by atoms with van der Waals surface area (Å²) in [4.78, 5) is 13.1. The second-order valence-electron chi connectivity index (χ2n) is 9.15. The van der Waals surface area contributed by atoms with Crippen LogP contribution in [0.25, 0.3) is 0 Å². The van der Waals surface area contributed by atoms with Crippen LogP contribution >= 0.6 is 23.2 Å². The normalized spacial score (nSPS) is 18.1. The van der Waals surface area contributed by atoms with Gasteiger partial charge in [-0.05, 0) is 60.4 Å². The predicted molar refractivity (Wildman–Crippen MR) is 132 cm³/mol. The highest BCUT2D eigenvalue weighted by Gasteiger charge is 2.55. The van der Waals surface area contributed by atoms with Gasteiger partial charge < -0.3 is 9.84 Å². The van der Waals surface area contributed by atoms with E-state index < -0.39 is 11.4 Å². The molecule has 0 amide bonds. The minimum atomic E-state index is -1.06. The maximum Gasteiger partial charge on any atom is 0.311 e. The topological polar surface area (TPSA) is 46.5 Å². The average Bonchev–Trinajstić information content (AvgIpc) is 3.25. The van der Waals surface area contributed by atoms with Crippen LogP contribution in [0, 0.1) is 23.2 Å². The van der Waals surface area contributed by atoms with Gasteiger partial charge in [0.05, 0.1) is 5.41 Å². The van der Waals surface area contributed by atoms with E-state index in [4.69, 9.17) is 27.9 Å². The third kappa shape index (κ3) is 5.15. The molecule has 1 aliphatic rings. The Hall–Kier alpha value is -1.97. The zero-order valence-electron chi connectivity index (χ0n) is 18.9. The molecule has 2 aromatic carbocycles. The summed E-state index contributed by atoms with van der Waals surface area (Å²) in [5.74, 6) is 0.236. The Kier molecular flexibility index (Phi) is 8.30. The fraction of sp³-hybridized carbons (Fsp3) is 0.444. The van der Waals surface area contributed by atoms with Crippen LogP contribution in [-0.4, -0.2) is 11.1 Å². The summed E-state index contributed by atoms with van der Waals surface area (Å²) in [6, 6.07) is 17.5. The van der Waals surface area contributed by atoms with Crippen LogP contribution < -0.4 is 4.74 Å². The number of carboxylic acid groups (broad SMARTS) is 1. The standard InChI is InChI=1S/C27H32Cl2O3/c1-18(2)27(26(30)31,19(3)16-24(28)29)25(20-10-7-8-11-20)21-12-9-15-23(17-21)32-22-13-5-4-6-14-22/h4-6,9,12-20,25H,7-8,10-11H2,1-3H3,(H,30,31). The number of ether oxygens (including phenoxy) is 1. The van der Waals surface area contributed by atoms with E-state index in [0.717, 1.165) is 37.0 Å². The smallest absolute Gasteiger partial charge is 0.311 e. The number of para-hydroxylation sites is 1. The number of hydrogen-bond donors (Lipinski definition) is 1. The van der Waals surface area contributed by atoms with Gasteiger partial charge in [0.2, 0.25) is 0 Å². The summed E-state index contributed by atoms with van der Waals surface area (Å²) in [5, 5.41) is 10.7. The third-order valence-electron chi connectivity index (χ3n) is 7.04. The van der Waals surface area contributed by atoms with Gasteiger partial charge in [0.1, 0.15) is 16.0 Å². The lowest BCUT2D eigenvalue weighted by Gasteiger charge is -2.47. The summed E-state index contributed by atoms with van der Waals surface area (Å²) in [5.41, 5.74) is -0.0672. The van der Waals surface area contributed by atoms with E-state index in [1.807, 2.05) is 75.4 Å². The third-order valence-corrected chi connectivity index (χ3v) is 7.29. The first kappa shape index (κ1) is 24.7. The Morgan fingerprint density at radius 3 is 2.22 bits per heavy atom. The molecule has 172 valence electrons. The van der Waals surface area contributed by atoms with Crippen molar-refractivity contribution in [3.05, 3.63) is 70.7 Å². The molecule has 0 aliphatic heterocycles. The van der Waals surface area contributed by atoms with Gasteiger partial charge in [0.15, 0.2) is 0 Å². The van der Waals surface area contributed by atoms with Gasteiger partial charge in [0.25, 0.3) is 0 Å². The van der Waals surface area contributed by atoms with Crippen LogP contribution in [0.1, 0.15) is 57.9 Å². The molecule has 0 radical (unpaired) electrons. The van der Waals surface area contributed by atoms with E-state index in [-0.39, 0.29) is 28.2 Å². The number of benzene rings is 2. The molecule has 1 saturated carbocycles. The molecule has 3 atom stereocenters. The zero-order valence-corrected chi connectivity index (χ0v) is 20.4. The van der Waals surface area contributed by atoms with E-state index in [0.29, 0.717) is 5.75 Å². The fourth-order valence-corrected chi connectivity index (χ4v) is 6.07. The van der Waals surface area contributed by atoms with Crippen LogP contribution in [0.15, 0.2) is 65.2 Å². The average molecular weight is 475 g/mol. The maximum absolute atomic E-state index is 13.1. The van der Waals surface area contributed by atoms with Gasteiger partial charge in [0, 0.05) is 5.92 Å². The largest absolute Gasteiger partial charge is 0.481 e. The van der Waals surface area contributed by atoms with Crippen molar-refractivity contribution < 1.29 is 14.6 Å². The van der Waals surface area contributed by atoms with Crippen molar-refractivity contribution in [2.45, 2.75) is 52.4 Å². The molecule has 3 rings (SSSR count). The molecule has 32 heavy (non-hydrogen) atoms. The van der Waals surface area contributed by atoms with Gasteiger partial charge in [-0.25, -0.2) is 0 Å². The zero-order chi connectivity index (χ0) is 23.3. The highest BCUT2D eigenvalue weighted by molar-refractivity contribution is 6.55. The fourth-order valence-electron chi connectivity index (χ4n) is 5.69. The highest BCUT2D eigenvalue weighted by atomic mass is 35.5. The number of hydrogen-bond acceptors (Lipinski definition) is 2. The number of carbonyl (C=O) groups is 1. The molecule has 3 unspecified atom stereocenters. The maximum atomic E-state index is 13.1. The first-order valence-corrected chi connectivity index (χ1v) is 12.1. The Balaban J connectivity index is 2.14. The number of carboxylic acids is 1. The lowest BCUT2D eigenvalue weighted by atomic mass is 9.55. The van der Waals surface area contributed by atoms with Gasteiger partial charge >= 0.3 is 5.97 Å². The van der Waals surface area contributed by atoms with Crippen LogP contribution in [-0.2, 0) is 4.79 Å². The van der Waals surface area contributed by atoms with Crippen molar-refractivity contribution in [3.8, 4) is 11.5 Å². The molecule has 0 heterocycles. The van der Waals surface area contributed by atoms with Crippen molar-refractivity contribution in [2.75, 3.05) is 0 Å². The Morgan fingerprint density at radius 1 is 1.03 bits per heavy atom. The van der Waals surface area contributed by atoms with Crippen LogP contribution in [0.5, 0.6) is 11.5 Å². The lowest BCUT2D eigenvalue weighted by molar-refractivity contribution is -0.158. The number of halogens is 2. The molecule has 1 fully saturated rings. The second-order valence-corrected chi connectivity index (χ2v) is 10.2. The quantitative estimate of drug-likeness (QED) is 0.396. The Bertz CT molecular complexity index is 931. The van der Waals surface area contributed by atoms with Gasteiger partial charge in [-0.3, -0.25) is 4.79 Å². The molecule has 0 saturated heterocycles. The predicted octanol–water partition coefficient (Wildman–Crippen LogP) is 8.43. The lowest BCUT2D eigenvalue weighted by Crippen LogP contribution is -2.48. The van der Waals surface area contributed by atoms with Gasteiger partial charge in [-0.15, -0.1) is 0 Å². The summed E-state index contributed by atoms with van der Waals surface area (Å²) >= 11 is 12.1. The van der Waals surface area contributed by atoms with Crippen molar-refractivity contribution in [1.29, 1.82) is 0 Å². The van der Waals surface area contributed by atoms with Crippen LogP contribution in [0.2, 0.25) is 0 Å². The van der Waals surface area contributed by atoms with Crippen molar-refractivity contribution in [2.24, 2.45) is 23.2 Å². The van der Waals surface area contributed by atoms with Crippen LogP contribution in [0.3, 0.4) is 0 Å². The first-order valence-electron chi connectivity index (χ1n) is 11.4. The van der Waals surface area contributed by atoms with Crippen molar-refractivity contribution in [1.82, 2.24) is 0 Å². The van der Waals surface area contributed by atoms with Gasteiger partial charge in [-0.2, -0.15) is 0 Å². The van der Waals surface area contributed by atoms with E-state index in [1.54, 1.807) is 6.08 Å². The highest BCUT2D eigenvalue weighted by Crippen LogP contribution is 2.56. The van der Waals surface area contributed by atoms with Crippen LogP contribution in [0.4, 0.5) is 0 Å². The molecule has 5 heteroatoms. The first-order chi connectivity index (χ1) is 15.3. The van der Waals surface area contributed by atoms with Crippen molar-refractivity contribution in [3.63, 3.8) is 0 Å². The number of rotatable bonds is 9. The van der Waals surface area contributed by atoms with Crippen molar-refractivity contribution >= 4 is 29.2 Å². The number of allylic oxidation sites excluding steroid dienone is 1. The Morgan fingerprint density at radius 2 is 1.66 bits per heavy atom. The minimum absolute atomic E-state index is 0.107. The molecule has 0 bridgehead atoms. The molecule has 0 aromatic heterocycles. The molecule has 0 spiro atoms. The molecule has 1 N–H and O–H groups in total. The summed E-state index contributed by atoms with van der Waals surface area (Å²) in [7, 11) is 0. The molecule has 2 aromatic rings. The summed E-state index contributed by atoms with van der Waals surface area (Å²) < 4.78 is 6.20. The SMILES string of the molecule is CC(C)C(C(=O)O)(C(C)C=C(Cl)Cl)C(c1cccc(Oc2ccccc2)c1)C1CCCC1. The summed E-state index contributed by atoms with van der Waals surface area (Å²) in [6.45, 7) is 5.91. The second kappa shape index (κ2) is 10.8.